The monoisotopic (exact) mass is 247 g/mol. The van der Waals surface area contributed by atoms with Crippen LogP contribution in [-0.2, 0) is 12.6 Å². The van der Waals surface area contributed by atoms with Crippen molar-refractivity contribution >= 4 is 12.6 Å². The predicted molar refractivity (Wildman–Crippen MR) is 57.6 cm³/mol. The van der Waals surface area contributed by atoms with Gasteiger partial charge in [0.1, 0.15) is 0 Å². The Labute approximate surface area is 97.5 Å². The number of aromatic nitrogens is 1. The van der Waals surface area contributed by atoms with Crippen molar-refractivity contribution in [1.29, 1.82) is 0 Å². The number of hydrogen-bond donors (Lipinski definition) is 2. The molecular formula is C10H13BF3NO2. The van der Waals surface area contributed by atoms with Crippen LogP contribution in [0.2, 0.25) is 0 Å². The highest BCUT2D eigenvalue weighted by molar-refractivity contribution is 6.58. The first-order valence-corrected chi connectivity index (χ1v) is 5.14. The van der Waals surface area contributed by atoms with Crippen molar-refractivity contribution in [2.45, 2.75) is 26.4 Å². The summed E-state index contributed by atoms with van der Waals surface area (Å²) in [4.78, 5) is 3.67. The van der Waals surface area contributed by atoms with Gasteiger partial charge in [0, 0.05) is 11.7 Å². The summed E-state index contributed by atoms with van der Waals surface area (Å²) in [6.07, 6.45) is -3.30. The van der Waals surface area contributed by atoms with Gasteiger partial charge in [-0.05, 0) is 18.4 Å². The van der Waals surface area contributed by atoms with E-state index in [9.17, 15) is 13.2 Å². The second-order valence-electron chi connectivity index (χ2n) is 4.23. The van der Waals surface area contributed by atoms with E-state index < -0.39 is 18.9 Å². The first kappa shape index (κ1) is 14.0. The van der Waals surface area contributed by atoms with Crippen molar-refractivity contribution < 1.29 is 23.2 Å². The van der Waals surface area contributed by atoms with E-state index in [1.54, 1.807) is 13.8 Å². The largest absolute Gasteiger partial charge is 0.490 e. The number of alkyl halides is 3. The zero-order valence-corrected chi connectivity index (χ0v) is 9.49. The number of nitrogens with zero attached hydrogens (tertiary/aromatic N) is 1. The Morgan fingerprint density at radius 1 is 1.35 bits per heavy atom. The van der Waals surface area contributed by atoms with Crippen molar-refractivity contribution in [2.24, 2.45) is 5.92 Å². The van der Waals surface area contributed by atoms with Crippen molar-refractivity contribution in [1.82, 2.24) is 4.98 Å². The van der Waals surface area contributed by atoms with Crippen LogP contribution in [0.5, 0.6) is 0 Å². The van der Waals surface area contributed by atoms with E-state index in [1.165, 1.54) is 0 Å². The first-order chi connectivity index (χ1) is 7.71. The lowest BCUT2D eigenvalue weighted by atomic mass is 9.80. The van der Waals surface area contributed by atoms with Crippen LogP contribution in [0.3, 0.4) is 0 Å². The van der Waals surface area contributed by atoms with Gasteiger partial charge < -0.3 is 10.0 Å². The molecule has 0 aliphatic carbocycles. The topological polar surface area (TPSA) is 53.4 Å². The molecule has 94 valence electrons. The molecule has 2 N–H and O–H groups in total. The zero-order valence-electron chi connectivity index (χ0n) is 9.49. The van der Waals surface area contributed by atoms with Crippen LogP contribution >= 0.6 is 0 Å². The van der Waals surface area contributed by atoms with E-state index in [0.717, 1.165) is 12.3 Å². The normalized spacial score (nSPS) is 12.0. The maximum atomic E-state index is 12.7. The Hall–Kier alpha value is -1.08. The Morgan fingerprint density at radius 3 is 2.35 bits per heavy atom. The van der Waals surface area contributed by atoms with E-state index in [1.807, 2.05) is 0 Å². The number of pyridine rings is 1. The molecule has 0 aliphatic heterocycles. The molecule has 7 heteroatoms. The van der Waals surface area contributed by atoms with Gasteiger partial charge >= 0.3 is 13.3 Å². The summed E-state index contributed by atoms with van der Waals surface area (Å²) in [7, 11) is -1.95. The standard InChI is InChI=1S/C10H13BF3NO2/c1-6(2)3-9-8(10(12,13)14)4-7(5-15-9)11(16)17/h4-6,16-17H,3H2,1-2H3. The van der Waals surface area contributed by atoms with E-state index in [2.05, 4.69) is 4.98 Å². The summed E-state index contributed by atoms with van der Waals surface area (Å²) in [5.41, 5.74) is -1.24. The molecule has 0 aliphatic rings. The molecule has 0 atom stereocenters. The summed E-state index contributed by atoms with van der Waals surface area (Å²) in [6, 6.07) is 0.732. The minimum absolute atomic E-state index is 0.0356. The van der Waals surface area contributed by atoms with Gasteiger partial charge in [-0.25, -0.2) is 0 Å². The van der Waals surface area contributed by atoms with E-state index in [4.69, 9.17) is 10.0 Å². The van der Waals surface area contributed by atoms with Gasteiger partial charge in [0.2, 0.25) is 0 Å². The molecule has 0 fully saturated rings. The Morgan fingerprint density at radius 2 is 1.94 bits per heavy atom. The lowest BCUT2D eigenvalue weighted by Crippen LogP contribution is -2.32. The second-order valence-corrected chi connectivity index (χ2v) is 4.23. The molecule has 1 heterocycles. The quantitative estimate of drug-likeness (QED) is 0.783. The van der Waals surface area contributed by atoms with Crippen molar-refractivity contribution in [2.75, 3.05) is 0 Å². The van der Waals surface area contributed by atoms with Gasteiger partial charge in [0.15, 0.2) is 0 Å². The fourth-order valence-electron chi connectivity index (χ4n) is 1.45. The van der Waals surface area contributed by atoms with Crippen LogP contribution < -0.4 is 5.46 Å². The van der Waals surface area contributed by atoms with Gasteiger partial charge in [-0.2, -0.15) is 13.2 Å². The molecule has 17 heavy (non-hydrogen) atoms. The summed E-state index contributed by atoms with van der Waals surface area (Å²) in [5.74, 6) is 0.0356. The Balaban J connectivity index is 3.22. The molecule has 0 radical (unpaired) electrons. The van der Waals surface area contributed by atoms with Crippen molar-refractivity contribution in [3.63, 3.8) is 0 Å². The van der Waals surface area contributed by atoms with Crippen LogP contribution in [0, 0.1) is 5.92 Å². The highest BCUT2D eigenvalue weighted by atomic mass is 19.4. The second kappa shape index (κ2) is 5.06. The third kappa shape index (κ3) is 3.71. The van der Waals surface area contributed by atoms with E-state index in [0.29, 0.717) is 0 Å². The Bertz CT molecular complexity index is 394. The zero-order chi connectivity index (χ0) is 13.2. The van der Waals surface area contributed by atoms with Crippen LogP contribution in [0.15, 0.2) is 12.3 Å². The van der Waals surface area contributed by atoms with Crippen molar-refractivity contribution in [3.8, 4) is 0 Å². The molecule has 1 rings (SSSR count). The molecule has 0 spiro atoms. The molecule has 1 aromatic rings. The molecular weight excluding hydrogens is 234 g/mol. The maximum absolute atomic E-state index is 12.7. The van der Waals surface area contributed by atoms with Gasteiger partial charge in [-0.15, -0.1) is 0 Å². The molecule has 0 saturated carbocycles. The molecule has 0 unspecified atom stereocenters. The molecule has 3 nitrogen and oxygen atoms in total. The van der Waals surface area contributed by atoms with Gasteiger partial charge in [0.05, 0.1) is 11.3 Å². The van der Waals surface area contributed by atoms with Crippen molar-refractivity contribution in [3.05, 3.63) is 23.5 Å². The number of halogens is 3. The maximum Gasteiger partial charge on any atom is 0.490 e. The van der Waals surface area contributed by atoms with E-state index >= 15 is 0 Å². The third-order valence-electron chi connectivity index (χ3n) is 2.20. The Kier molecular flexibility index (Phi) is 4.16. The first-order valence-electron chi connectivity index (χ1n) is 5.14. The van der Waals surface area contributed by atoms with Crippen LogP contribution in [-0.4, -0.2) is 22.2 Å². The van der Waals surface area contributed by atoms with Crippen LogP contribution in [0.1, 0.15) is 25.1 Å². The fourth-order valence-corrected chi connectivity index (χ4v) is 1.45. The van der Waals surface area contributed by atoms with Crippen LogP contribution in [0.4, 0.5) is 13.2 Å². The van der Waals surface area contributed by atoms with Gasteiger partial charge in [-0.3, -0.25) is 4.98 Å². The lowest BCUT2D eigenvalue weighted by molar-refractivity contribution is -0.138. The molecule has 0 amide bonds. The van der Waals surface area contributed by atoms with Gasteiger partial charge in [-0.1, -0.05) is 13.8 Å². The molecule has 0 aromatic carbocycles. The smallest absolute Gasteiger partial charge is 0.423 e. The highest BCUT2D eigenvalue weighted by Crippen LogP contribution is 2.31. The average molecular weight is 247 g/mol. The summed E-state index contributed by atoms with van der Waals surface area (Å²) >= 11 is 0. The highest BCUT2D eigenvalue weighted by Gasteiger charge is 2.35. The number of rotatable bonds is 3. The van der Waals surface area contributed by atoms with Crippen LogP contribution in [0.25, 0.3) is 0 Å². The average Bonchev–Trinajstić information content (AvgIpc) is 2.15. The van der Waals surface area contributed by atoms with Gasteiger partial charge in [0.25, 0.3) is 0 Å². The molecule has 0 bridgehead atoms. The fraction of sp³-hybridized carbons (Fsp3) is 0.500. The SMILES string of the molecule is CC(C)Cc1ncc(B(O)O)cc1C(F)(F)F. The summed E-state index contributed by atoms with van der Waals surface area (Å²) in [5, 5.41) is 17.7. The minimum atomic E-state index is -4.54. The summed E-state index contributed by atoms with van der Waals surface area (Å²) < 4.78 is 38.2. The molecule has 0 saturated heterocycles. The third-order valence-corrected chi connectivity index (χ3v) is 2.20. The van der Waals surface area contributed by atoms with E-state index in [-0.39, 0.29) is 23.5 Å². The summed E-state index contributed by atoms with van der Waals surface area (Å²) in [6.45, 7) is 3.58. The number of hydrogen-bond acceptors (Lipinski definition) is 3. The lowest BCUT2D eigenvalue weighted by Gasteiger charge is -2.14. The predicted octanol–water partition coefficient (Wildman–Crippen LogP) is 0.979. The minimum Gasteiger partial charge on any atom is -0.423 e. The molecule has 1 aromatic heterocycles.